The van der Waals surface area contributed by atoms with Crippen molar-refractivity contribution in [2.75, 3.05) is 18.1 Å². The molecule has 0 aliphatic carbocycles. The molecule has 1 aliphatic rings. The number of hydrogen-bond acceptors (Lipinski definition) is 5. The van der Waals surface area contributed by atoms with Crippen LogP contribution in [-0.4, -0.2) is 57.2 Å². The van der Waals surface area contributed by atoms with Gasteiger partial charge in [0.15, 0.2) is 0 Å². The number of amides is 1. The van der Waals surface area contributed by atoms with Gasteiger partial charge in [-0.3, -0.25) is 9.59 Å². The summed E-state index contributed by atoms with van der Waals surface area (Å²) < 4.78 is 0. The zero-order valence-electron chi connectivity index (χ0n) is 14.2. The molecule has 2 rings (SSSR count). The van der Waals surface area contributed by atoms with Gasteiger partial charge in [0, 0.05) is 36.4 Å². The molecule has 0 unspecified atom stereocenters. The zero-order chi connectivity index (χ0) is 18.1. The van der Waals surface area contributed by atoms with Gasteiger partial charge in [-0.1, -0.05) is 18.2 Å². The van der Waals surface area contributed by atoms with Crippen molar-refractivity contribution in [2.45, 2.75) is 44.2 Å². The third kappa shape index (κ3) is 7.22. The van der Waals surface area contributed by atoms with Gasteiger partial charge in [-0.2, -0.15) is 11.8 Å². The molecule has 1 aromatic rings. The van der Waals surface area contributed by atoms with Gasteiger partial charge in [0.25, 0.3) is 0 Å². The Morgan fingerprint density at radius 2 is 2.32 bits per heavy atom. The molecule has 0 spiro atoms. The number of carboxylic acid groups (broad SMARTS) is 1. The molecule has 2 N–H and O–H groups in total. The van der Waals surface area contributed by atoms with Gasteiger partial charge >= 0.3 is 5.97 Å². The van der Waals surface area contributed by atoms with Crippen LogP contribution in [0.5, 0.6) is 0 Å². The number of carbonyl (C=O) groups excluding carboxylic acids is 1. The minimum Gasteiger partial charge on any atom is -0.481 e. The van der Waals surface area contributed by atoms with Gasteiger partial charge < -0.3 is 15.1 Å². The molecule has 2 heterocycles. The standard InChI is InChI=1S/C18H25NO4S2/c20-15(13-16-3-1-11-25-16)7-5-14-6-8-17(21)19(14)9-12-24-10-2-4-18(22)23/h1,3,5,7,11,14-15,20H,2,4,6,8-10,12-13H2,(H,22,23)/t14-,15+/m0/s1. The van der Waals surface area contributed by atoms with Gasteiger partial charge in [0.1, 0.15) is 0 Å². The van der Waals surface area contributed by atoms with E-state index in [2.05, 4.69) is 0 Å². The lowest BCUT2D eigenvalue weighted by atomic mass is 10.1. The molecule has 1 amide bonds. The van der Waals surface area contributed by atoms with E-state index in [1.807, 2.05) is 28.5 Å². The number of thiophene rings is 1. The van der Waals surface area contributed by atoms with E-state index < -0.39 is 12.1 Å². The molecule has 0 radical (unpaired) electrons. The second-order valence-corrected chi connectivity index (χ2v) is 8.30. The monoisotopic (exact) mass is 383 g/mol. The first-order valence-corrected chi connectivity index (χ1v) is 10.6. The maximum absolute atomic E-state index is 12.0. The third-order valence-corrected chi connectivity index (χ3v) is 6.02. The average molecular weight is 384 g/mol. The van der Waals surface area contributed by atoms with Crippen molar-refractivity contribution in [3.05, 3.63) is 34.5 Å². The number of rotatable bonds is 11. The summed E-state index contributed by atoms with van der Waals surface area (Å²) in [4.78, 5) is 25.5. The van der Waals surface area contributed by atoms with E-state index in [0.717, 1.165) is 22.8 Å². The summed E-state index contributed by atoms with van der Waals surface area (Å²) in [5, 5.41) is 20.7. The van der Waals surface area contributed by atoms with E-state index >= 15 is 0 Å². The van der Waals surface area contributed by atoms with Crippen LogP contribution in [0.15, 0.2) is 29.7 Å². The highest BCUT2D eigenvalue weighted by Crippen LogP contribution is 2.21. The Morgan fingerprint density at radius 1 is 1.48 bits per heavy atom. The molecule has 7 heteroatoms. The molecule has 0 saturated carbocycles. The lowest BCUT2D eigenvalue weighted by Gasteiger charge is -2.22. The maximum atomic E-state index is 12.0. The Labute approximate surface area is 156 Å². The molecular formula is C18H25NO4S2. The van der Waals surface area contributed by atoms with Crippen molar-refractivity contribution in [3.63, 3.8) is 0 Å². The zero-order valence-corrected chi connectivity index (χ0v) is 15.8. The largest absolute Gasteiger partial charge is 0.481 e. The van der Waals surface area contributed by atoms with Crippen LogP contribution >= 0.6 is 23.1 Å². The number of aliphatic hydroxyl groups is 1. The second-order valence-electron chi connectivity index (χ2n) is 6.04. The minimum absolute atomic E-state index is 0.0603. The van der Waals surface area contributed by atoms with Crippen molar-refractivity contribution < 1.29 is 19.8 Å². The van der Waals surface area contributed by atoms with Crippen LogP contribution in [0.2, 0.25) is 0 Å². The summed E-state index contributed by atoms with van der Waals surface area (Å²) in [6, 6.07) is 4.04. The lowest BCUT2D eigenvalue weighted by Crippen LogP contribution is -2.34. The Hall–Kier alpha value is -1.31. The Kier molecular flexibility index (Phi) is 8.51. The SMILES string of the molecule is O=C(O)CCCSCCN1C(=O)CC[C@@H]1C=C[C@@H](O)Cc1cccs1. The Balaban J connectivity index is 1.72. The fraction of sp³-hybridized carbons (Fsp3) is 0.556. The number of likely N-dealkylation sites (tertiary alicyclic amines) is 1. The second kappa shape index (κ2) is 10.6. The van der Waals surface area contributed by atoms with Crippen molar-refractivity contribution in [2.24, 2.45) is 0 Å². The van der Waals surface area contributed by atoms with Crippen LogP contribution in [0.1, 0.15) is 30.6 Å². The number of carbonyl (C=O) groups is 2. The Bertz CT molecular complexity index is 574. The quantitative estimate of drug-likeness (QED) is 0.454. The maximum Gasteiger partial charge on any atom is 0.303 e. The molecule has 0 bridgehead atoms. The summed E-state index contributed by atoms with van der Waals surface area (Å²) in [6.45, 7) is 0.673. The van der Waals surface area contributed by atoms with Gasteiger partial charge in [-0.15, -0.1) is 11.3 Å². The highest BCUT2D eigenvalue weighted by Gasteiger charge is 2.28. The van der Waals surface area contributed by atoms with Gasteiger partial charge in [-0.05, 0) is 30.0 Å². The minimum atomic E-state index is -0.762. The van der Waals surface area contributed by atoms with E-state index in [0.29, 0.717) is 25.8 Å². The molecule has 1 fully saturated rings. The molecule has 25 heavy (non-hydrogen) atoms. The first kappa shape index (κ1) is 20.0. The number of carboxylic acids is 1. The molecular weight excluding hydrogens is 358 g/mol. The molecule has 5 nitrogen and oxygen atoms in total. The van der Waals surface area contributed by atoms with Gasteiger partial charge in [0.2, 0.25) is 5.91 Å². The summed E-state index contributed by atoms with van der Waals surface area (Å²) in [6.07, 6.45) is 6.05. The van der Waals surface area contributed by atoms with Crippen molar-refractivity contribution >= 4 is 35.0 Å². The predicted molar refractivity (Wildman–Crippen MR) is 102 cm³/mol. The van der Waals surface area contributed by atoms with E-state index in [9.17, 15) is 14.7 Å². The van der Waals surface area contributed by atoms with Crippen LogP contribution < -0.4 is 0 Å². The molecule has 0 aromatic carbocycles. The van der Waals surface area contributed by atoms with Crippen LogP contribution in [0, 0.1) is 0 Å². The van der Waals surface area contributed by atoms with Crippen LogP contribution in [-0.2, 0) is 16.0 Å². The Morgan fingerprint density at radius 3 is 3.04 bits per heavy atom. The van der Waals surface area contributed by atoms with Crippen molar-refractivity contribution in [3.8, 4) is 0 Å². The fourth-order valence-electron chi connectivity index (χ4n) is 2.80. The first-order chi connectivity index (χ1) is 12.1. The topological polar surface area (TPSA) is 77.8 Å². The van der Waals surface area contributed by atoms with Crippen molar-refractivity contribution in [1.82, 2.24) is 4.90 Å². The molecule has 1 saturated heterocycles. The van der Waals surface area contributed by atoms with Crippen LogP contribution in [0.25, 0.3) is 0 Å². The summed E-state index contributed by atoms with van der Waals surface area (Å²) in [5.41, 5.74) is 0. The number of nitrogens with zero attached hydrogens (tertiary/aromatic N) is 1. The molecule has 138 valence electrons. The molecule has 2 atom stereocenters. The normalized spacial score (nSPS) is 19.0. The third-order valence-electron chi connectivity index (χ3n) is 4.08. The summed E-state index contributed by atoms with van der Waals surface area (Å²) >= 11 is 3.32. The first-order valence-electron chi connectivity index (χ1n) is 8.54. The van der Waals surface area contributed by atoms with Gasteiger partial charge in [-0.25, -0.2) is 0 Å². The number of thioether (sulfide) groups is 1. The smallest absolute Gasteiger partial charge is 0.303 e. The highest BCUT2D eigenvalue weighted by molar-refractivity contribution is 7.99. The summed E-state index contributed by atoms with van der Waals surface area (Å²) in [5.74, 6) is 1.01. The highest BCUT2D eigenvalue weighted by atomic mass is 32.2. The van der Waals surface area contributed by atoms with Crippen molar-refractivity contribution in [1.29, 1.82) is 0 Å². The number of aliphatic carboxylic acids is 1. The number of hydrogen-bond donors (Lipinski definition) is 2. The van der Waals surface area contributed by atoms with Gasteiger partial charge in [0.05, 0.1) is 12.1 Å². The van der Waals surface area contributed by atoms with E-state index in [1.54, 1.807) is 29.2 Å². The number of aliphatic hydroxyl groups excluding tert-OH is 1. The predicted octanol–water partition coefficient (Wildman–Crippen LogP) is 2.80. The average Bonchev–Trinajstić information content (AvgIpc) is 3.19. The molecule has 1 aliphatic heterocycles. The van der Waals surface area contributed by atoms with E-state index in [1.165, 1.54) is 0 Å². The van der Waals surface area contributed by atoms with Crippen LogP contribution in [0.3, 0.4) is 0 Å². The fourth-order valence-corrected chi connectivity index (χ4v) is 4.43. The summed E-state index contributed by atoms with van der Waals surface area (Å²) in [7, 11) is 0. The lowest BCUT2D eigenvalue weighted by molar-refractivity contribution is -0.137. The van der Waals surface area contributed by atoms with E-state index in [-0.39, 0.29) is 18.4 Å². The van der Waals surface area contributed by atoms with Crippen LogP contribution in [0.4, 0.5) is 0 Å². The van der Waals surface area contributed by atoms with E-state index in [4.69, 9.17) is 5.11 Å². The molecule has 1 aromatic heterocycles.